The molecule has 7 heteroatoms. The van der Waals surface area contributed by atoms with Crippen LogP contribution in [0, 0.1) is 12.8 Å². The zero-order valence-corrected chi connectivity index (χ0v) is 14.6. The van der Waals surface area contributed by atoms with Gasteiger partial charge in [-0.3, -0.25) is 4.79 Å². The summed E-state index contributed by atoms with van der Waals surface area (Å²) in [4.78, 5) is 15.9. The summed E-state index contributed by atoms with van der Waals surface area (Å²) >= 11 is 0. The molecule has 23 heavy (non-hydrogen) atoms. The molecule has 1 amide bonds. The molecular formula is C16H21Cl2N3O2. The van der Waals surface area contributed by atoms with Crippen LogP contribution in [0.1, 0.15) is 12.5 Å². The SMILES string of the molecule is Cc1ccc(Oc2ccc(NC(=O)C(C)CN)cn2)cc1.Cl.Cl. The van der Waals surface area contributed by atoms with E-state index in [2.05, 4.69) is 10.3 Å². The lowest BCUT2D eigenvalue weighted by molar-refractivity contribution is -0.119. The predicted octanol–water partition coefficient (Wildman–Crippen LogP) is 3.56. The lowest BCUT2D eigenvalue weighted by Crippen LogP contribution is -2.26. The van der Waals surface area contributed by atoms with E-state index in [1.807, 2.05) is 31.2 Å². The number of carbonyl (C=O) groups excluding carboxylic acids is 1. The zero-order chi connectivity index (χ0) is 15.2. The second kappa shape index (κ2) is 10.0. The van der Waals surface area contributed by atoms with Crippen molar-refractivity contribution < 1.29 is 9.53 Å². The molecule has 0 aliphatic heterocycles. The van der Waals surface area contributed by atoms with Crippen molar-refractivity contribution in [3.05, 3.63) is 48.2 Å². The molecular weight excluding hydrogens is 337 g/mol. The van der Waals surface area contributed by atoms with Crippen molar-refractivity contribution in [1.29, 1.82) is 0 Å². The molecule has 0 saturated carbocycles. The maximum atomic E-state index is 11.7. The smallest absolute Gasteiger partial charge is 0.228 e. The van der Waals surface area contributed by atoms with Gasteiger partial charge >= 0.3 is 0 Å². The summed E-state index contributed by atoms with van der Waals surface area (Å²) in [7, 11) is 0. The van der Waals surface area contributed by atoms with Crippen molar-refractivity contribution in [2.75, 3.05) is 11.9 Å². The summed E-state index contributed by atoms with van der Waals surface area (Å²) in [6, 6.07) is 11.2. The van der Waals surface area contributed by atoms with Crippen LogP contribution in [-0.2, 0) is 4.79 Å². The van der Waals surface area contributed by atoms with Crippen LogP contribution in [0.3, 0.4) is 0 Å². The van der Waals surface area contributed by atoms with Crippen LogP contribution in [0.25, 0.3) is 0 Å². The molecule has 1 heterocycles. The fourth-order valence-electron chi connectivity index (χ4n) is 1.61. The number of rotatable bonds is 5. The molecule has 0 aliphatic carbocycles. The largest absolute Gasteiger partial charge is 0.439 e. The third-order valence-corrected chi connectivity index (χ3v) is 3.05. The number of nitrogens with two attached hydrogens (primary N) is 1. The van der Waals surface area contributed by atoms with E-state index in [0.29, 0.717) is 18.1 Å². The normalized spacial score (nSPS) is 10.7. The number of ether oxygens (including phenoxy) is 1. The Bertz CT molecular complexity index is 604. The molecule has 0 fully saturated rings. The molecule has 126 valence electrons. The van der Waals surface area contributed by atoms with Gasteiger partial charge in [0.05, 0.1) is 11.9 Å². The second-order valence-corrected chi connectivity index (χ2v) is 4.93. The molecule has 3 N–H and O–H groups in total. The topological polar surface area (TPSA) is 77.2 Å². The van der Waals surface area contributed by atoms with E-state index in [1.165, 1.54) is 5.56 Å². The van der Waals surface area contributed by atoms with Crippen molar-refractivity contribution in [1.82, 2.24) is 4.98 Å². The van der Waals surface area contributed by atoms with Gasteiger partial charge in [-0.05, 0) is 25.1 Å². The third-order valence-electron chi connectivity index (χ3n) is 3.05. The Labute approximate surface area is 148 Å². The number of aryl methyl sites for hydroxylation is 1. The minimum atomic E-state index is -0.228. The van der Waals surface area contributed by atoms with Crippen LogP contribution in [0.2, 0.25) is 0 Å². The first-order valence-corrected chi connectivity index (χ1v) is 6.80. The van der Waals surface area contributed by atoms with E-state index in [1.54, 1.807) is 25.3 Å². The molecule has 2 rings (SSSR count). The minimum absolute atomic E-state index is 0. The number of halogens is 2. The van der Waals surface area contributed by atoms with E-state index in [4.69, 9.17) is 10.5 Å². The van der Waals surface area contributed by atoms with Crippen molar-refractivity contribution in [2.24, 2.45) is 11.7 Å². The number of nitrogens with one attached hydrogen (secondary N) is 1. The highest BCUT2D eigenvalue weighted by atomic mass is 35.5. The number of hydrogen-bond donors (Lipinski definition) is 2. The van der Waals surface area contributed by atoms with Gasteiger partial charge in [0.15, 0.2) is 0 Å². The fraction of sp³-hybridized carbons (Fsp3) is 0.250. The number of benzene rings is 1. The Balaban J connectivity index is 0.00000242. The highest BCUT2D eigenvalue weighted by Gasteiger charge is 2.10. The van der Waals surface area contributed by atoms with Crippen LogP contribution in [0.15, 0.2) is 42.6 Å². The Kier molecular flexibility index (Phi) is 9.25. The Morgan fingerprint density at radius 1 is 1.22 bits per heavy atom. The van der Waals surface area contributed by atoms with Gasteiger partial charge < -0.3 is 15.8 Å². The third kappa shape index (κ3) is 6.44. The number of anilines is 1. The number of carbonyl (C=O) groups is 1. The van der Waals surface area contributed by atoms with Gasteiger partial charge in [-0.2, -0.15) is 0 Å². The summed E-state index contributed by atoms with van der Waals surface area (Å²) in [5.74, 6) is 0.852. The molecule has 1 aromatic heterocycles. The molecule has 0 bridgehead atoms. The minimum Gasteiger partial charge on any atom is -0.439 e. The molecule has 2 aromatic rings. The van der Waals surface area contributed by atoms with E-state index in [9.17, 15) is 4.79 Å². The van der Waals surface area contributed by atoms with Gasteiger partial charge in [-0.25, -0.2) is 4.98 Å². The van der Waals surface area contributed by atoms with Crippen LogP contribution in [0.5, 0.6) is 11.6 Å². The molecule has 1 atom stereocenters. The summed E-state index contributed by atoms with van der Waals surface area (Å²) < 4.78 is 5.62. The van der Waals surface area contributed by atoms with Crippen molar-refractivity contribution >= 4 is 36.4 Å². The summed E-state index contributed by atoms with van der Waals surface area (Å²) in [6.07, 6.45) is 1.56. The average molecular weight is 358 g/mol. The maximum absolute atomic E-state index is 11.7. The Morgan fingerprint density at radius 2 is 1.87 bits per heavy atom. The molecule has 1 aromatic carbocycles. The first-order valence-electron chi connectivity index (χ1n) is 6.80. The van der Waals surface area contributed by atoms with Crippen molar-refractivity contribution in [3.63, 3.8) is 0 Å². The Hall–Kier alpha value is -1.82. The lowest BCUT2D eigenvalue weighted by Gasteiger charge is -2.10. The number of amides is 1. The number of nitrogens with zero attached hydrogens (tertiary/aromatic N) is 1. The summed E-state index contributed by atoms with van der Waals surface area (Å²) in [5.41, 5.74) is 7.24. The number of aromatic nitrogens is 1. The van der Waals surface area contributed by atoms with Crippen LogP contribution in [-0.4, -0.2) is 17.4 Å². The first-order chi connectivity index (χ1) is 10.1. The van der Waals surface area contributed by atoms with Crippen LogP contribution in [0.4, 0.5) is 5.69 Å². The first kappa shape index (κ1) is 21.2. The monoisotopic (exact) mass is 357 g/mol. The predicted molar refractivity (Wildman–Crippen MR) is 96.8 cm³/mol. The molecule has 0 saturated heterocycles. The quantitative estimate of drug-likeness (QED) is 0.857. The van der Waals surface area contributed by atoms with Crippen LogP contribution < -0.4 is 15.8 Å². The molecule has 0 radical (unpaired) electrons. The van der Waals surface area contributed by atoms with Gasteiger partial charge in [0, 0.05) is 18.5 Å². The molecule has 0 aliphatic rings. The van der Waals surface area contributed by atoms with E-state index < -0.39 is 0 Å². The molecule has 1 unspecified atom stereocenters. The van der Waals surface area contributed by atoms with Gasteiger partial charge in [0.2, 0.25) is 11.8 Å². The average Bonchev–Trinajstić information content (AvgIpc) is 2.50. The molecule has 0 spiro atoms. The van der Waals surface area contributed by atoms with Gasteiger partial charge in [-0.15, -0.1) is 24.8 Å². The van der Waals surface area contributed by atoms with Gasteiger partial charge in [0.25, 0.3) is 0 Å². The van der Waals surface area contributed by atoms with E-state index in [-0.39, 0.29) is 36.6 Å². The van der Waals surface area contributed by atoms with Crippen molar-refractivity contribution in [2.45, 2.75) is 13.8 Å². The van der Waals surface area contributed by atoms with Gasteiger partial charge in [0.1, 0.15) is 5.75 Å². The highest BCUT2D eigenvalue weighted by Crippen LogP contribution is 2.20. The fourth-order valence-corrected chi connectivity index (χ4v) is 1.61. The van der Waals surface area contributed by atoms with Crippen molar-refractivity contribution in [3.8, 4) is 11.6 Å². The van der Waals surface area contributed by atoms with E-state index >= 15 is 0 Å². The van der Waals surface area contributed by atoms with E-state index in [0.717, 1.165) is 5.75 Å². The second-order valence-electron chi connectivity index (χ2n) is 4.93. The summed E-state index contributed by atoms with van der Waals surface area (Å²) in [5, 5.41) is 2.75. The van der Waals surface area contributed by atoms with Gasteiger partial charge in [-0.1, -0.05) is 24.6 Å². The zero-order valence-electron chi connectivity index (χ0n) is 13.0. The Morgan fingerprint density at radius 3 is 2.39 bits per heavy atom. The van der Waals surface area contributed by atoms with Crippen LogP contribution >= 0.6 is 24.8 Å². The molecule has 5 nitrogen and oxygen atoms in total. The maximum Gasteiger partial charge on any atom is 0.228 e. The number of hydrogen-bond acceptors (Lipinski definition) is 4. The standard InChI is InChI=1S/C16H19N3O2.2ClH/c1-11-3-6-14(7-4-11)21-15-8-5-13(10-18-15)19-16(20)12(2)9-17;;/h3-8,10,12H,9,17H2,1-2H3,(H,19,20);2*1H. The number of pyridine rings is 1. The highest BCUT2D eigenvalue weighted by molar-refractivity contribution is 5.92. The summed E-state index contributed by atoms with van der Waals surface area (Å²) in [6.45, 7) is 4.10. The lowest BCUT2D eigenvalue weighted by atomic mass is 10.1.